The minimum atomic E-state index is 0.290. The molecule has 2 heterocycles. The Bertz CT molecular complexity index is 1900. The van der Waals surface area contributed by atoms with Crippen LogP contribution in [-0.2, 0) is 7.05 Å². The predicted octanol–water partition coefficient (Wildman–Crippen LogP) is 8.10. The van der Waals surface area contributed by atoms with Crippen molar-refractivity contribution in [2.45, 2.75) is 19.8 Å². The van der Waals surface area contributed by atoms with Gasteiger partial charge in [-0.2, -0.15) is 0 Å². The standard InChI is InChI=1S/C35H28NO/c1-21-15-18-28-26-12-7-13-27(34(26)37-35(28)31(21)30-14-3-4-19-36(30)2)29-20-24-10-5-8-22-16-17-23-9-6-11-25(29)33(23)32(22)24/h3-15,18-20,32-33H,16-17H2,1-2H3/q+1/i20D. The number of furan rings is 1. The van der Waals surface area contributed by atoms with Crippen molar-refractivity contribution in [2.75, 3.05) is 0 Å². The van der Waals surface area contributed by atoms with Gasteiger partial charge in [0, 0.05) is 40.3 Å². The van der Waals surface area contributed by atoms with Gasteiger partial charge in [0.2, 0.25) is 5.69 Å². The zero-order chi connectivity index (χ0) is 25.5. The monoisotopic (exact) mass is 479 g/mol. The zero-order valence-corrected chi connectivity index (χ0v) is 21.1. The summed E-state index contributed by atoms with van der Waals surface area (Å²) in [6.07, 6.45) is 17.6. The lowest BCUT2D eigenvalue weighted by Crippen LogP contribution is -2.31. The summed E-state index contributed by atoms with van der Waals surface area (Å²) in [7, 11) is 2.08. The Morgan fingerprint density at radius 1 is 0.865 bits per heavy atom. The molecule has 1 fully saturated rings. The van der Waals surface area contributed by atoms with Crippen molar-refractivity contribution in [1.82, 2.24) is 0 Å². The van der Waals surface area contributed by atoms with Gasteiger partial charge in [0.15, 0.2) is 6.20 Å². The Hall–Kier alpha value is -4.17. The third-order valence-corrected chi connectivity index (χ3v) is 8.69. The van der Waals surface area contributed by atoms with Gasteiger partial charge >= 0.3 is 0 Å². The number of aryl methyl sites for hydroxylation is 2. The topological polar surface area (TPSA) is 17.0 Å². The first-order valence-corrected chi connectivity index (χ1v) is 13.2. The molecule has 0 saturated heterocycles. The van der Waals surface area contributed by atoms with E-state index in [0.29, 0.717) is 17.9 Å². The first-order chi connectivity index (χ1) is 18.6. The van der Waals surface area contributed by atoms with E-state index in [2.05, 4.69) is 110 Å². The van der Waals surface area contributed by atoms with Gasteiger partial charge < -0.3 is 4.42 Å². The quantitative estimate of drug-likeness (QED) is 0.266. The summed E-state index contributed by atoms with van der Waals surface area (Å²) in [4.78, 5) is 0. The molecule has 178 valence electrons. The molecule has 8 rings (SSSR count). The molecule has 4 aliphatic rings. The SMILES string of the molecule is [2H]C1=C2C=CC=C3CCC4=CC=CC(=C1c1cccc5c1oc1c(-c6cccc[n+]6C)c(C)ccc15)C4C32. The molecule has 0 aliphatic heterocycles. The van der Waals surface area contributed by atoms with Crippen LogP contribution in [-0.4, -0.2) is 0 Å². The third kappa shape index (κ3) is 2.90. The highest BCUT2D eigenvalue weighted by Crippen LogP contribution is 2.54. The number of nitrogens with zero attached hydrogens (tertiary/aromatic N) is 1. The van der Waals surface area contributed by atoms with Gasteiger partial charge in [-0.15, -0.1) is 0 Å². The van der Waals surface area contributed by atoms with Crippen LogP contribution in [0.3, 0.4) is 0 Å². The van der Waals surface area contributed by atoms with Crippen LogP contribution >= 0.6 is 0 Å². The zero-order valence-electron chi connectivity index (χ0n) is 22.1. The molecule has 0 spiro atoms. The van der Waals surface area contributed by atoms with Crippen molar-refractivity contribution in [2.24, 2.45) is 18.9 Å². The maximum absolute atomic E-state index is 9.49. The number of fused-ring (bicyclic) bond motifs is 3. The lowest BCUT2D eigenvalue weighted by molar-refractivity contribution is -0.660. The predicted molar refractivity (Wildman–Crippen MR) is 151 cm³/mol. The van der Waals surface area contributed by atoms with Gasteiger partial charge in [-0.1, -0.05) is 84.0 Å². The number of pyridine rings is 1. The lowest BCUT2D eigenvalue weighted by Gasteiger charge is -2.43. The number of hydrogen-bond donors (Lipinski definition) is 0. The molecule has 0 N–H and O–H groups in total. The average Bonchev–Trinajstić information content (AvgIpc) is 3.32. The van der Waals surface area contributed by atoms with Gasteiger partial charge in [0.25, 0.3) is 0 Å². The van der Waals surface area contributed by atoms with Gasteiger partial charge in [0.1, 0.15) is 18.2 Å². The summed E-state index contributed by atoms with van der Waals surface area (Å²) < 4.78 is 18.5. The van der Waals surface area contributed by atoms with E-state index in [0.717, 1.165) is 62.7 Å². The smallest absolute Gasteiger partial charge is 0.216 e. The summed E-state index contributed by atoms with van der Waals surface area (Å²) in [6, 6.07) is 17.7. The summed E-state index contributed by atoms with van der Waals surface area (Å²) >= 11 is 0. The molecule has 0 amide bonds. The number of para-hydroxylation sites is 1. The highest BCUT2D eigenvalue weighted by molar-refractivity contribution is 6.12. The molecule has 2 heteroatoms. The third-order valence-electron chi connectivity index (χ3n) is 8.69. The van der Waals surface area contributed by atoms with Crippen molar-refractivity contribution >= 4 is 27.5 Å². The van der Waals surface area contributed by atoms with E-state index in [-0.39, 0.29) is 0 Å². The number of benzene rings is 2. The average molecular weight is 480 g/mol. The Morgan fingerprint density at radius 3 is 2.54 bits per heavy atom. The van der Waals surface area contributed by atoms with Gasteiger partial charge in [-0.25, -0.2) is 4.57 Å². The minimum absolute atomic E-state index is 0.290. The first-order valence-electron chi connectivity index (χ1n) is 13.7. The summed E-state index contributed by atoms with van der Waals surface area (Å²) in [6.45, 7) is 2.15. The molecule has 2 aromatic heterocycles. The second-order valence-corrected chi connectivity index (χ2v) is 10.7. The van der Waals surface area contributed by atoms with E-state index >= 15 is 0 Å². The van der Waals surface area contributed by atoms with Crippen LogP contribution in [0.25, 0.3) is 38.8 Å². The van der Waals surface area contributed by atoms with Crippen molar-refractivity contribution in [3.8, 4) is 11.3 Å². The van der Waals surface area contributed by atoms with Gasteiger partial charge in [-0.05, 0) is 48.1 Å². The van der Waals surface area contributed by atoms with Gasteiger partial charge in [-0.3, -0.25) is 0 Å². The molecular formula is C35H28NO+. The Morgan fingerprint density at radius 2 is 1.68 bits per heavy atom. The van der Waals surface area contributed by atoms with Crippen LogP contribution in [0.15, 0.2) is 124 Å². The molecule has 0 radical (unpaired) electrons. The number of rotatable bonds is 2. The molecule has 2 unspecified atom stereocenters. The number of allylic oxidation sites excluding steroid dienone is 12. The molecule has 2 aromatic carbocycles. The highest BCUT2D eigenvalue weighted by atomic mass is 16.3. The molecule has 0 bridgehead atoms. The Balaban J connectivity index is 1.44. The van der Waals surface area contributed by atoms with Crippen molar-refractivity contribution in [1.29, 1.82) is 0 Å². The van der Waals surface area contributed by atoms with E-state index in [1.54, 1.807) is 0 Å². The number of aromatic nitrogens is 1. The van der Waals surface area contributed by atoms with Crippen LogP contribution in [0.4, 0.5) is 0 Å². The van der Waals surface area contributed by atoms with E-state index < -0.39 is 0 Å². The van der Waals surface area contributed by atoms with Crippen molar-refractivity contribution in [3.05, 3.63) is 131 Å². The van der Waals surface area contributed by atoms with Crippen molar-refractivity contribution < 1.29 is 10.4 Å². The second-order valence-electron chi connectivity index (χ2n) is 10.7. The maximum atomic E-state index is 9.49. The van der Waals surface area contributed by atoms with E-state index in [1.165, 1.54) is 22.3 Å². The molecule has 2 atom stereocenters. The fourth-order valence-corrected chi connectivity index (χ4v) is 6.97. The fraction of sp³-hybridized carbons (Fsp3) is 0.171. The molecular weight excluding hydrogens is 450 g/mol. The fourth-order valence-electron chi connectivity index (χ4n) is 6.97. The van der Waals surface area contributed by atoms with Crippen LogP contribution in [0, 0.1) is 18.8 Å². The van der Waals surface area contributed by atoms with Crippen LogP contribution in [0.1, 0.15) is 25.3 Å². The summed E-state index contributed by atoms with van der Waals surface area (Å²) in [5.41, 5.74) is 12.6. The van der Waals surface area contributed by atoms with E-state index in [4.69, 9.17) is 4.42 Å². The van der Waals surface area contributed by atoms with Crippen LogP contribution in [0.5, 0.6) is 0 Å². The highest BCUT2D eigenvalue weighted by Gasteiger charge is 2.41. The molecule has 37 heavy (non-hydrogen) atoms. The second kappa shape index (κ2) is 7.66. The molecule has 2 nitrogen and oxygen atoms in total. The largest absolute Gasteiger partial charge is 0.454 e. The van der Waals surface area contributed by atoms with Crippen LogP contribution < -0.4 is 4.57 Å². The minimum Gasteiger partial charge on any atom is -0.454 e. The Labute approximate surface area is 218 Å². The van der Waals surface area contributed by atoms with Gasteiger partial charge in [0.05, 0.1) is 6.93 Å². The lowest BCUT2D eigenvalue weighted by atomic mass is 9.60. The molecule has 1 saturated carbocycles. The van der Waals surface area contributed by atoms with E-state index in [9.17, 15) is 1.37 Å². The summed E-state index contributed by atoms with van der Waals surface area (Å²) in [5.74, 6) is 0.600. The first kappa shape index (κ1) is 20.0. The Kier molecular flexibility index (Phi) is 4.13. The van der Waals surface area contributed by atoms with Crippen LogP contribution in [0.2, 0.25) is 0 Å². The molecule has 4 aromatic rings. The molecule has 4 aliphatic carbocycles. The van der Waals surface area contributed by atoms with Crippen molar-refractivity contribution in [3.63, 3.8) is 0 Å². The normalized spacial score (nSPS) is 22.4. The summed E-state index contributed by atoms with van der Waals surface area (Å²) in [5, 5.41) is 2.22. The van der Waals surface area contributed by atoms with E-state index in [1.807, 2.05) is 0 Å². The number of hydrogen-bond acceptors (Lipinski definition) is 1. The maximum Gasteiger partial charge on any atom is 0.216 e.